The number of hydrogen-bond acceptors (Lipinski definition) is 7. The SMILES string of the molecule is CC(CC(Oc1ccc(-c2cccc([N+](=O)[O-])c2)cc1)c1ccncc1)N1C(=O)CSC1=O. The number of rotatable bonds is 8. The maximum absolute atomic E-state index is 12.1. The van der Waals surface area contributed by atoms with Gasteiger partial charge in [-0.1, -0.05) is 36.0 Å². The molecule has 0 bridgehead atoms. The summed E-state index contributed by atoms with van der Waals surface area (Å²) in [4.78, 5) is 40.2. The summed E-state index contributed by atoms with van der Waals surface area (Å²) < 4.78 is 6.26. The molecule has 2 amide bonds. The minimum Gasteiger partial charge on any atom is -0.486 e. The average Bonchev–Trinajstić information content (AvgIpc) is 3.17. The van der Waals surface area contributed by atoms with Crippen molar-refractivity contribution in [2.75, 3.05) is 5.75 Å². The number of imide groups is 1. The van der Waals surface area contributed by atoms with Gasteiger partial charge in [-0.25, -0.2) is 0 Å². The highest BCUT2D eigenvalue weighted by Crippen LogP contribution is 2.32. The van der Waals surface area contributed by atoms with Crippen LogP contribution in [0.25, 0.3) is 11.1 Å². The lowest BCUT2D eigenvalue weighted by molar-refractivity contribution is -0.384. The van der Waals surface area contributed by atoms with E-state index in [0.29, 0.717) is 12.2 Å². The fourth-order valence-corrected chi connectivity index (χ4v) is 4.53. The molecule has 0 aliphatic carbocycles. The summed E-state index contributed by atoms with van der Waals surface area (Å²) in [6, 6.07) is 17.1. The Balaban J connectivity index is 1.54. The number of ether oxygens (including phenoxy) is 1. The molecular weight excluding hydrogens is 442 g/mol. The first-order valence-electron chi connectivity index (χ1n) is 10.3. The molecule has 3 aromatic rings. The highest BCUT2D eigenvalue weighted by atomic mass is 32.2. The lowest BCUT2D eigenvalue weighted by atomic mass is 10.0. The summed E-state index contributed by atoms with van der Waals surface area (Å²) >= 11 is 1.02. The molecule has 4 rings (SSSR count). The van der Waals surface area contributed by atoms with E-state index >= 15 is 0 Å². The Morgan fingerprint density at radius 2 is 1.82 bits per heavy atom. The molecule has 1 aliphatic rings. The second-order valence-electron chi connectivity index (χ2n) is 7.62. The molecule has 33 heavy (non-hydrogen) atoms. The van der Waals surface area contributed by atoms with E-state index in [1.807, 2.05) is 37.3 Å². The van der Waals surface area contributed by atoms with Crippen molar-refractivity contribution in [3.8, 4) is 16.9 Å². The van der Waals surface area contributed by atoms with Gasteiger partial charge >= 0.3 is 0 Å². The van der Waals surface area contributed by atoms with Crippen LogP contribution in [0.5, 0.6) is 5.75 Å². The summed E-state index contributed by atoms with van der Waals surface area (Å²) in [6.07, 6.45) is 3.36. The molecule has 0 radical (unpaired) electrons. The van der Waals surface area contributed by atoms with Gasteiger partial charge in [-0.15, -0.1) is 0 Å². The zero-order chi connectivity index (χ0) is 23.4. The van der Waals surface area contributed by atoms with Crippen LogP contribution in [-0.2, 0) is 4.79 Å². The van der Waals surface area contributed by atoms with Gasteiger partial charge in [0.15, 0.2) is 0 Å². The number of nitrogens with zero attached hydrogens (tertiary/aromatic N) is 3. The smallest absolute Gasteiger partial charge is 0.289 e. The molecule has 1 aromatic heterocycles. The van der Waals surface area contributed by atoms with Gasteiger partial charge in [-0.3, -0.25) is 29.6 Å². The number of thioether (sulfide) groups is 1. The Hall–Kier alpha value is -3.72. The Bertz CT molecular complexity index is 1150. The van der Waals surface area contributed by atoms with E-state index in [1.165, 1.54) is 17.0 Å². The highest BCUT2D eigenvalue weighted by molar-refractivity contribution is 8.14. The Morgan fingerprint density at radius 3 is 2.45 bits per heavy atom. The number of aromatic nitrogens is 1. The summed E-state index contributed by atoms with van der Waals surface area (Å²) in [6.45, 7) is 1.84. The molecule has 0 saturated carbocycles. The second kappa shape index (κ2) is 9.83. The zero-order valence-corrected chi connectivity index (χ0v) is 18.6. The molecule has 2 heterocycles. The molecule has 1 aliphatic heterocycles. The highest BCUT2D eigenvalue weighted by Gasteiger charge is 2.35. The summed E-state index contributed by atoms with van der Waals surface area (Å²) in [5.41, 5.74) is 2.47. The summed E-state index contributed by atoms with van der Waals surface area (Å²) in [5.74, 6) is 0.585. The first kappa shape index (κ1) is 22.5. The van der Waals surface area contributed by atoms with Crippen LogP contribution >= 0.6 is 11.8 Å². The average molecular weight is 464 g/mol. The molecule has 2 atom stereocenters. The van der Waals surface area contributed by atoms with Crippen molar-refractivity contribution in [1.82, 2.24) is 9.88 Å². The van der Waals surface area contributed by atoms with E-state index in [1.54, 1.807) is 30.6 Å². The number of pyridine rings is 1. The second-order valence-corrected chi connectivity index (χ2v) is 8.55. The van der Waals surface area contributed by atoms with E-state index in [-0.39, 0.29) is 28.6 Å². The number of amides is 2. The number of hydrogen-bond donors (Lipinski definition) is 0. The fraction of sp³-hybridized carbons (Fsp3) is 0.208. The van der Waals surface area contributed by atoms with E-state index in [9.17, 15) is 19.7 Å². The van der Waals surface area contributed by atoms with Crippen LogP contribution in [0.1, 0.15) is 25.0 Å². The van der Waals surface area contributed by atoms with E-state index in [0.717, 1.165) is 28.5 Å². The number of benzene rings is 2. The fourth-order valence-electron chi connectivity index (χ4n) is 3.72. The third-order valence-electron chi connectivity index (χ3n) is 5.38. The van der Waals surface area contributed by atoms with Crippen LogP contribution in [0.4, 0.5) is 10.5 Å². The Labute approximate surface area is 194 Å². The molecule has 8 nitrogen and oxygen atoms in total. The van der Waals surface area contributed by atoms with E-state index < -0.39 is 11.0 Å². The van der Waals surface area contributed by atoms with Gasteiger partial charge in [-0.05, 0) is 47.9 Å². The van der Waals surface area contributed by atoms with Gasteiger partial charge < -0.3 is 4.74 Å². The molecule has 2 aromatic carbocycles. The molecule has 0 N–H and O–H groups in total. The maximum atomic E-state index is 12.1. The van der Waals surface area contributed by atoms with Crippen LogP contribution in [0, 0.1) is 10.1 Å². The third kappa shape index (κ3) is 5.20. The summed E-state index contributed by atoms with van der Waals surface area (Å²) in [7, 11) is 0. The number of carbonyl (C=O) groups excluding carboxylic acids is 2. The predicted octanol–water partition coefficient (Wildman–Crippen LogP) is 5.25. The maximum Gasteiger partial charge on any atom is 0.289 e. The monoisotopic (exact) mass is 463 g/mol. The Morgan fingerprint density at radius 1 is 1.09 bits per heavy atom. The van der Waals surface area contributed by atoms with Crippen molar-refractivity contribution >= 4 is 28.6 Å². The topological polar surface area (TPSA) is 103 Å². The van der Waals surface area contributed by atoms with Gasteiger partial charge in [-0.2, -0.15) is 0 Å². The first-order valence-corrected chi connectivity index (χ1v) is 11.3. The molecule has 168 valence electrons. The van der Waals surface area contributed by atoms with E-state index in [2.05, 4.69) is 4.98 Å². The minimum atomic E-state index is -0.421. The zero-order valence-electron chi connectivity index (χ0n) is 17.8. The molecule has 1 fully saturated rings. The standard InChI is InChI=1S/C24H21N3O5S/c1-16(26-23(28)15-33-24(26)29)13-22(18-9-11-25-12-10-18)32-21-7-5-17(6-8-21)19-3-2-4-20(14-19)27(30)31/h2-12,14,16,22H,13,15H2,1H3. The molecule has 0 spiro atoms. The molecular formula is C24H21N3O5S. The minimum absolute atomic E-state index is 0.0312. The quantitative estimate of drug-likeness (QED) is 0.332. The molecule has 2 unspecified atom stereocenters. The number of nitro groups is 1. The van der Waals surface area contributed by atoms with Crippen LogP contribution in [0.2, 0.25) is 0 Å². The van der Waals surface area contributed by atoms with Crippen molar-refractivity contribution in [2.24, 2.45) is 0 Å². The van der Waals surface area contributed by atoms with Gasteiger partial charge in [0.2, 0.25) is 5.91 Å². The number of non-ortho nitro benzene ring substituents is 1. The molecule has 9 heteroatoms. The van der Waals surface area contributed by atoms with Crippen LogP contribution in [0.15, 0.2) is 73.1 Å². The summed E-state index contributed by atoms with van der Waals surface area (Å²) in [5, 5.41) is 10.8. The van der Waals surface area contributed by atoms with Crippen molar-refractivity contribution in [3.63, 3.8) is 0 Å². The normalized spacial score (nSPS) is 15.4. The lowest BCUT2D eigenvalue weighted by Gasteiger charge is -2.27. The predicted molar refractivity (Wildman–Crippen MR) is 125 cm³/mol. The Kier molecular flexibility index (Phi) is 6.69. The van der Waals surface area contributed by atoms with Gasteiger partial charge in [0.1, 0.15) is 11.9 Å². The number of nitro benzene ring substituents is 1. The lowest BCUT2D eigenvalue weighted by Crippen LogP contribution is -2.38. The number of carbonyl (C=O) groups is 2. The first-order chi connectivity index (χ1) is 15.9. The van der Waals surface area contributed by atoms with Crippen molar-refractivity contribution < 1.29 is 19.2 Å². The molecule has 1 saturated heterocycles. The van der Waals surface area contributed by atoms with Gasteiger partial charge in [0, 0.05) is 37.0 Å². The van der Waals surface area contributed by atoms with Crippen LogP contribution < -0.4 is 4.74 Å². The van der Waals surface area contributed by atoms with Crippen LogP contribution in [-0.4, -0.2) is 37.7 Å². The van der Waals surface area contributed by atoms with Gasteiger partial charge in [0.05, 0.1) is 10.7 Å². The van der Waals surface area contributed by atoms with Crippen molar-refractivity contribution in [1.29, 1.82) is 0 Å². The van der Waals surface area contributed by atoms with E-state index in [4.69, 9.17) is 4.74 Å². The van der Waals surface area contributed by atoms with Crippen molar-refractivity contribution in [2.45, 2.75) is 25.5 Å². The third-order valence-corrected chi connectivity index (χ3v) is 6.22. The van der Waals surface area contributed by atoms with Crippen LogP contribution in [0.3, 0.4) is 0 Å². The largest absolute Gasteiger partial charge is 0.486 e. The van der Waals surface area contributed by atoms with Crippen molar-refractivity contribution in [3.05, 3.63) is 88.7 Å². The van der Waals surface area contributed by atoms with Gasteiger partial charge in [0.25, 0.3) is 10.9 Å².